The zero-order valence-electron chi connectivity index (χ0n) is 11.7. The van der Waals surface area contributed by atoms with Gasteiger partial charge in [-0.1, -0.05) is 42.8 Å². The van der Waals surface area contributed by atoms with Crippen LogP contribution in [0.15, 0.2) is 28.8 Å². The Morgan fingerprint density at radius 2 is 2.05 bits per heavy atom. The van der Waals surface area contributed by atoms with Crippen molar-refractivity contribution >= 4 is 5.78 Å². The summed E-state index contributed by atoms with van der Waals surface area (Å²) in [6.07, 6.45) is 0. The predicted molar refractivity (Wildman–Crippen MR) is 72.7 cm³/mol. The highest BCUT2D eigenvalue weighted by Crippen LogP contribution is 2.26. The highest BCUT2D eigenvalue weighted by molar-refractivity contribution is 5.82. The standard InChI is InChI=1S/C15H18N2O2/c1-9(2)13(11(4)18)15-16-14(17-19-15)12-7-5-6-10(3)8-12/h5-9,13H,1-4H3. The van der Waals surface area contributed by atoms with Gasteiger partial charge in [-0.05, 0) is 25.8 Å². The molecule has 100 valence electrons. The maximum absolute atomic E-state index is 11.7. The number of carbonyl (C=O) groups excluding carboxylic acids is 1. The molecule has 1 unspecified atom stereocenters. The van der Waals surface area contributed by atoms with E-state index in [2.05, 4.69) is 10.1 Å². The molecule has 0 N–H and O–H groups in total. The molecule has 0 saturated heterocycles. The van der Waals surface area contributed by atoms with Gasteiger partial charge in [0, 0.05) is 5.56 Å². The first-order valence-electron chi connectivity index (χ1n) is 6.40. The topological polar surface area (TPSA) is 56.0 Å². The van der Waals surface area contributed by atoms with E-state index in [4.69, 9.17) is 4.52 Å². The van der Waals surface area contributed by atoms with Gasteiger partial charge in [-0.15, -0.1) is 0 Å². The monoisotopic (exact) mass is 258 g/mol. The van der Waals surface area contributed by atoms with Gasteiger partial charge < -0.3 is 4.52 Å². The summed E-state index contributed by atoms with van der Waals surface area (Å²) in [5, 5.41) is 3.97. The molecular formula is C15H18N2O2. The van der Waals surface area contributed by atoms with E-state index in [0.29, 0.717) is 11.7 Å². The van der Waals surface area contributed by atoms with E-state index in [9.17, 15) is 4.79 Å². The quantitative estimate of drug-likeness (QED) is 0.843. The molecule has 19 heavy (non-hydrogen) atoms. The molecule has 1 heterocycles. The zero-order chi connectivity index (χ0) is 14.0. The van der Waals surface area contributed by atoms with Crippen LogP contribution in [0.5, 0.6) is 0 Å². The zero-order valence-corrected chi connectivity index (χ0v) is 11.7. The number of aryl methyl sites for hydroxylation is 1. The molecule has 4 heteroatoms. The van der Waals surface area contributed by atoms with E-state index in [-0.39, 0.29) is 17.6 Å². The molecule has 0 aliphatic heterocycles. The minimum absolute atomic E-state index is 0.0504. The molecule has 2 rings (SSSR count). The van der Waals surface area contributed by atoms with Crippen LogP contribution < -0.4 is 0 Å². The lowest BCUT2D eigenvalue weighted by atomic mass is 9.92. The Morgan fingerprint density at radius 1 is 1.32 bits per heavy atom. The smallest absolute Gasteiger partial charge is 0.237 e. The van der Waals surface area contributed by atoms with Crippen molar-refractivity contribution in [2.45, 2.75) is 33.6 Å². The van der Waals surface area contributed by atoms with Crippen LogP contribution in [0.25, 0.3) is 11.4 Å². The summed E-state index contributed by atoms with van der Waals surface area (Å²) in [6, 6.07) is 7.88. The van der Waals surface area contributed by atoms with E-state index >= 15 is 0 Å². The molecule has 0 saturated carbocycles. The molecule has 2 aromatic rings. The number of hydrogen-bond acceptors (Lipinski definition) is 4. The van der Waals surface area contributed by atoms with E-state index in [1.165, 1.54) is 0 Å². The summed E-state index contributed by atoms with van der Waals surface area (Å²) in [7, 11) is 0. The Hall–Kier alpha value is -1.97. The Bertz CT molecular complexity index is 587. The van der Waals surface area contributed by atoms with Gasteiger partial charge in [0.15, 0.2) is 0 Å². The predicted octanol–water partition coefficient (Wildman–Crippen LogP) is 3.37. The van der Waals surface area contributed by atoms with Gasteiger partial charge in [0.05, 0.1) is 5.92 Å². The van der Waals surface area contributed by atoms with Crippen LogP contribution in [-0.4, -0.2) is 15.9 Å². The molecule has 0 bridgehead atoms. The maximum atomic E-state index is 11.7. The molecule has 0 aliphatic carbocycles. The number of hydrogen-bond donors (Lipinski definition) is 0. The van der Waals surface area contributed by atoms with Gasteiger partial charge in [-0.3, -0.25) is 4.79 Å². The van der Waals surface area contributed by atoms with Crippen LogP contribution in [-0.2, 0) is 4.79 Å². The van der Waals surface area contributed by atoms with Crippen LogP contribution in [0.3, 0.4) is 0 Å². The van der Waals surface area contributed by atoms with Crippen molar-refractivity contribution in [3.63, 3.8) is 0 Å². The number of aromatic nitrogens is 2. The van der Waals surface area contributed by atoms with Crippen molar-refractivity contribution in [2.24, 2.45) is 5.92 Å². The second-order valence-corrected chi connectivity index (χ2v) is 5.16. The molecule has 1 atom stereocenters. The summed E-state index contributed by atoms with van der Waals surface area (Å²) >= 11 is 0. The molecule has 4 nitrogen and oxygen atoms in total. The largest absolute Gasteiger partial charge is 0.338 e. The average molecular weight is 258 g/mol. The Balaban J connectivity index is 2.35. The number of carbonyl (C=O) groups is 1. The molecular weight excluding hydrogens is 240 g/mol. The van der Waals surface area contributed by atoms with E-state index in [0.717, 1.165) is 11.1 Å². The van der Waals surface area contributed by atoms with E-state index in [1.807, 2.05) is 45.0 Å². The van der Waals surface area contributed by atoms with Crippen LogP contribution in [0, 0.1) is 12.8 Å². The van der Waals surface area contributed by atoms with Crippen LogP contribution >= 0.6 is 0 Å². The third kappa shape index (κ3) is 2.89. The van der Waals surface area contributed by atoms with E-state index in [1.54, 1.807) is 6.92 Å². The molecule has 0 fully saturated rings. The molecule has 0 aliphatic rings. The Morgan fingerprint density at radius 3 is 2.63 bits per heavy atom. The molecule has 0 amide bonds. The first kappa shape index (κ1) is 13.5. The second kappa shape index (κ2) is 5.34. The molecule has 0 spiro atoms. The van der Waals surface area contributed by atoms with Crippen molar-refractivity contribution in [3.05, 3.63) is 35.7 Å². The highest BCUT2D eigenvalue weighted by Gasteiger charge is 2.27. The summed E-state index contributed by atoms with van der Waals surface area (Å²) < 4.78 is 5.26. The minimum Gasteiger partial charge on any atom is -0.338 e. The summed E-state index contributed by atoms with van der Waals surface area (Å²) in [5.41, 5.74) is 2.04. The number of nitrogens with zero attached hydrogens (tertiary/aromatic N) is 2. The highest BCUT2D eigenvalue weighted by atomic mass is 16.5. The van der Waals surface area contributed by atoms with Gasteiger partial charge in [0.2, 0.25) is 11.7 Å². The van der Waals surface area contributed by atoms with Crippen molar-refractivity contribution < 1.29 is 9.32 Å². The van der Waals surface area contributed by atoms with Crippen LogP contribution in [0.4, 0.5) is 0 Å². The van der Waals surface area contributed by atoms with Crippen molar-refractivity contribution in [2.75, 3.05) is 0 Å². The molecule has 1 aromatic heterocycles. The lowest BCUT2D eigenvalue weighted by molar-refractivity contribution is -0.119. The number of rotatable bonds is 4. The SMILES string of the molecule is CC(=O)C(c1nc(-c2cccc(C)c2)no1)C(C)C. The van der Waals surface area contributed by atoms with Crippen molar-refractivity contribution in [1.82, 2.24) is 10.1 Å². The first-order valence-corrected chi connectivity index (χ1v) is 6.40. The van der Waals surface area contributed by atoms with Gasteiger partial charge >= 0.3 is 0 Å². The normalized spacial score (nSPS) is 12.7. The lowest BCUT2D eigenvalue weighted by Crippen LogP contribution is -2.15. The van der Waals surface area contributed by atoms with Gasteiger partial charge in [0.1, 0.15) is 5.78 Å². The third-order valence-corrected chi connectivity index (χ3v) is 3.09. The molecule has 0 radical (unpaired) electrons. The van der Waals surface area contributed by atoms with Gasteiger partial charge in [-0.25, -0.2) is 0 Å². The van der Waals surface area contributed by atoms with Crippen LogP contribution in [0.1, 0.15) is 38.1 Å². The second-order valence-electron chi connectivity index (χ2n) is 5.16. The first-order chi connectivity index (χ1) is 8.99. The van der Waals surface area contributed by atoms with Crippen molar-refractivity contribution in [1.29, 1.82) is 0 Å². The Labute approximate surface area is 112 Å². The summed E-state index contributed by atoms with van der Waals surface area (Å²) in [5.74, 6) is 0.799. The number of benzene rings is 1. The van der Waals surface area contributed by atoms with E-state index < -0.39 is 0 Å². The fourth-order valence-corrected chi connectivity index (χ4v) is 2.19. The summed E-state index contributed by atoms with van der Waals surface area (Å²) in [4.78, 5) is 16.0. The minimum atomic E-state index is -0.328. The third-order valence-electron chi connectivity index (χ3n) is 3.09. The van der Waals surface area contributed by atoms with Crippen LogP contribution in [0.2, 0.25) is 0 Å². The van der Waals surface area contributed by atoms with Crippen molar-refractivity contribution in [3.8, 4) is 11.4 Å². The fourth-order valence-electron chi connectivity index (χ4n) is 2.19. The molecule has 1 aromatic carbocycles. The fraction of sp³-hybridized carbons (Fsp3) is 0.400. The van der Waals surface area contributed by atoms with Gasteiger partial charge in [-0.2, -0.15) is 4.98 Å². The lowest BCUT2D eigenvalue weighted by Gasteiger charge is -2.12. The average Bonchev–Trinajstić information content (AvgIpc) is 2.77. The number of Topliss-reactive ketones (excluding diaryl/α,β-unsaturated/α-hetero) is 1. The maximum Gasteiger partial charge on any atom is 0.237 e. The number of ketones is 1. The summed E-state index contributed by atoms with van der Waals surface area (Å²) in [6.45, 7) is 7.52. The Kier molecular flexibility index (Phi) is 3.79. The van der Waals surface area contributed by atoms with Gasteiger partial charge in [0.25, 0.3) is 0 Å².